The molecule has 0 spiro atoms. The van der Waals surface area contributed by atoms with Crippen LogP contribution in [0.1, 0.15) is 17.5 Å². The van der Waals surface area contributed by atoms with Crippen LogP contribution in [0.4, 0.5) is 5.69 Å². The Balaban J connectivity index is 1.67. The fourth-order valence-corrected chi connectivity index (χ4v) is 3.12. The second kappa shape index (κ2) is 7.05. The van der Waals surface area contributed by atoms with Gasteiger partial charge in [-0.25, -0.2) is 0 Å². The van der Waals surface area contributed by atoms with Gasteiger partial charge in [-0.05, 0) is 36.6 Å². The lowest BCUT2D eigenvalue weighted by molar-refractivity contribution is -0.132. The summed E-state index contributed by atoms with van der Waals surface area (Å²) in [5.74, 6) is -1.06. The minimum Gasteiger partial charge on any atom is -0.351 e. The number of hydrogen-bond donors (Lipinski definition) is 1. The second-order valence-electron chi connectivity index (χ2n) is 5.99. The van der Waals surface area contributed by atoms with Crippen LogP contribution in [-0.4, -0.2) is 18.4 Å². The molecule has 1 fully saturated rings. The van der Waals surface area contributed by atoms with Crippen molar-refractivity contribution in [1.82, 2.24) is 5.32 Å². The highest BCUT2D eigenvalue weighted by Gasteiger charge is 2.38. The Morgan fingerprint density at radius 1 is 1.25 bits per heavy atom. The highest BCUT2D eigenvalue weighted by atomic mass is 35.5. The first-order valence-corrected chi connectivity index (χ1v) is 8.33. The van der Waals surface area contributed by atoms with Gasteiger partial charge in [-0.15, -0.1) is 0 Å². The number of nitrogens with one attached hydrogen (secondary N) is 1. The lowest BCUT2D eigenvalue weighted by Crippen LogP contribution is -2.36. The van der Waals surface area contributed by atoms with Gasteiger partial charge in [0, 0.05) is 13.1 Å². The number of benzene rings is 2. The van der Waals surface area contributed by atoms with Crippen LogP contribution in [0.15, 0.2) is 48.5 Å². The van der Waals surface area contributed by atoms with E-state index in [-0.39, 0.29) is 11.8 Å². The van der Waals surface area contributed by atoms with Gasteiger partial charge in [-0.1, -0.05) is 48.0 Å². The quantitative estimate of drug-likeness (QED) is 0.866. The number of amides is 2. The molecule has 0 aromatic heterocycles. The number of hydrogen-bond acceptors (Lipinski definition) is 2. The predicted octanol–water partition coefficient (Wildman–Crippen LogP) is 3.32. The summed E-state index contributed by atoms with van der Waals surface area (Å²) in [6.07, 6.45) is 0.504. The van der Waals surface area contributed by atoms with E-state index in [1.165, 1.54) is 0 Å². The number of nitrogens with zero attached hydrogens (tertiary/aromatic N) is 1. The summed E-state index contributed by atoms with van der Waals surface area (Å²) in [6.45, 7) is 2.88. The van der Waals surface area contributed by atoms with Gasteiger partial charge >= 0.3 is 0 Å². The van der Waals surface area contributed by atoms with E-state index in [0.29, 0.717) is 30.2 Å². The van der Waals surface area contributed by atoms with Crippen molar-refractivity contribution >= 4 is 29.1 Å². The summed E-state index contributed by atoms with van der Waals surface area (Å²) in [6, 6.07) is 15.2. The van der Waals surface area contributed by atoms with E-state index in [0.717, 1.165) is 11.1 Å². The number of rotatable bonds is 4. The second-order valence-corrected chi connectivity index (χ2v) is 6.40. The van der Waals surface area contributed by atoms with Crippen LogP contribution in [0.2, 0.25) is 5.02 Å². The third-order valence-corrected chi connectivity index (χ3v) is 4.54. The zero-order valence-electron chi connectivity index (χ0n) is 13.5. The van der Waals surface area contributed by atoms with Gasteiger partial charge in [0.2, 0.25) is 11.8 Å². The zero-order chi connectivity index (χ0) is 17.1. The van der Waals surface area contributed by atoms with Crippen molar-refractivity contribution < 1.29 is 9.59 Å². The highest BCUT2D eigenvalue weighted by molar-refractivity contribution is 6.34. The molecule has 5 heteroatoms. The van der Waals surface area contributed by atoms with Crippen LogP contribution in [0.5, 0.6) is 0 Å². The molecule has 1 aliphatic rings. The molecule has 1 heterocycles. The largest absolute Gasteiger partial charge is 0.351 e. The van der Waals surface area contributed by atoms with Crippen molar-refractivity contribution in [3.63, 3.8) is 0 Å². The summed E-state index contributed by atoms with van der Waals surface area (Å²) in [4.78, 5) is 26.6. The molecule has 1 N–H and O–H groups in total. The molecule has 24 heavy (non-hydrogen) atoms. The number of halogens is 1. The van der Waals surface area contributed by atoms with E-state index in [2.05, 4.69) is 5.32 Å². The Bertz CT molecular complexity index is 761. The van der Waals surface area contributed by atoms with Crippen molar-refractivity contribution in [2.75, 3.05) is 11.4 Å². The number of carbonyl (C=O) groups excluding carboxylic acids is 2. The third kappa shape index (κ3) is 3.44. The first kappa shape index (κ1) is 16.5. The average Bonchev–Trinajstić information content (AvgIpc) is 2.97. The lowest BCUT2D eigenvalue weighted by atomic mass is 10.1. The van der Waals surface area contributed by atoms with Crippen molar-refractivity contribution in [1.29, 1.82) is 0 Å². The molecule has 2 amide bonds. The van der Waals surface area contributed by atoms with E-state index in [1.807, 2.05) is 49.4 Å². The lowest BCUT2D eigenvalue weighted by Gasteiger charge is -2.18. The van der Waals surface area contributed by atoms with Gasteiger partial charge in [0.1, 0.15) is 5.92 Å². The molecule has 2 aromatic rings. The molecular weight excluding hydrogens is 324 g/mol. The molecule has 0 unspecified atom stereocenters. The Morgan fingerprint density at radius 2 is 2.00 bits per heavy atom. The number of anilines is 1. The average molecular weight is 343 g/mol. The Morgan fingerprint density at radius 3 is 2.75 bits per heavy atom. The van der Waals surface area contributed by atoms with Crippen LogP contribution in [0, 0.1) is 12.8 Å². The standard InChI is InChI=1S/C19H19ClN2O2/c1-13-7-8-16(20)17(11-13)22-10-9-15(19(22)24)18(23)21-12-14-5-3-2-4-6-14/h2-8,11,15H,9-10,12H2,1H3,(H,21,23)/t15-/m0/s1. The van der Waals surface area contributed by atoms with E-state index < -0.39 is 5.92 Å². The molecule has 1 saturated heterocycles. The highest BCUT2D eigenvalue weighted by Crippen LogP contribution is 2.32. The maximum absolute atomic E-state index is 12.6. The molecule has 0 saturated carbocycles. The first-order chi connectivity index (χ1) is 11.6. The molecule has 3 rings (SSSR count). The van der Waals surface area contributed by atoms with E-state index in [1.54, 1.807) is 11.0 Å². The van der Waals surface area contributed by atoms with Gasteiger partial charge in [0.05, 0.1) is 10.7 Å². The van der Waals surface area contributed by atoms with Gasteiger partial charge in [-0.3, -0.25) is 9.59 Å². The Hall–Kier alpha value is -2.33. The minimum absolute atomic E-state index is 0.187. The first-order valence-electron chi connectivity index (χ1n) is 7.95. The van der Waals surface area contributed by atoms with Crippen molar-refractivity contribution in [2.45, 2.75) is 19.9 Å². The van der Waals surface area contributed by atoms with Crippen LogP contribution in [-0.2, 0) is 16.1 Å². The third-order valence-electron chi connectivity index (χ3n) is 4.22. The predicted molar refractivity (Wildman–Crippen MR) is 94.9 cm³/mol. The van der Waals surface area contributed by atoms with Crippen LogP contribution < -0.4 is 10.2 Å². The molecule has 0 bridgehead atoms. The topological polar surface area (TPSA) is 49.4 Å². The Labute approximate surface area is 146 Å². The fraction of sp³-hybridized carbons (Fsp3) is 0.263. The van der Waals surface area contributed by atoms with E-state index in [4.69, 9.17) is 11.6 Å². The summed E-state index contributed by atoms with van der Waals surface area (Å²) in [5, 5.41) is 3.38. The maximum atomic E-state index is 12.6. The number of aryl methyl sites for hydroxylation is 1. The normalized spacial score (nSPS) is 17.2. The SMILES string of the molecule is Cc1ccc(Cl)c(N2CC[C@@H](C(=O)NCc3ccccc3)C2=O)c1. The monoisotopic (exact) mass is 342 g/mol. The van der Waals surface area contributed by atoms with Crippen molar-refractivity contribution in [3.05, 3.63) is 64.7 Å². The van der Waals surface area contributed by atoms with Crippen LogP contribution in [0.3, 0.4) is 0 Å². The Kier molecular flexibility index (Phi) is 4.86. The van der Waals surface area contributed by atoms with E-state index in [9.17, 15) is 9.59 Å². The van der Waals surface area contributed by atoms with Crippen molar-refractivity contribution in [2.24, 2.45) is 5.92 Å². The summed E-state index contributed by atoms with van der Waals surface area (Å²) < 4.78 is 0. The molecule has 124 valence electrons. The maximum Gasteiger partial charge on any atom is 0.239 e. The minimum atomic E-state index is -0.648. The van der Waals surface area contributed by atoms with Gasteiger partial charge in [0.15, 0.2) is 0 Å². The molecule has 1 aliphatic heterocycles. The van der Waals surface area contributed by atoms with Crippen LogP contribution >= 0.6 is 11.6 Å². The molecule has 0 radical (unpaired) electrons. The van der Waals surface area contributed by atoms with Crippen molar-refractivity contribution in [3.8, 4) is 0 Å². The summed E-state index contributed by atoms with van der Waals surface area (Å²) in [5.41, 5.74) is 2.72. The fourth-order valence-electron chi connectivity index (χ4n) is 2.90. The molecular formula is C19H19ClN2O2. The van der Waals surface area contributed by atoms with Gasteiger partial charge in [0.25, 0.3) is 0 Å². The summed E-state index contributed by atoms with van der Waals surface area (Å²) >= 11 is 6.22. The van der Waals surface area contributed by atoms with E-state index >= 15 is 0 Å². The van der Waals surface area contributed by atoms with Crippen LogP contribution in [0.25, 0.3) is 0 Å². The smallest absolute Gasteiger partial charge is 0.239 e. The molecule has 1 atom stereocenters. The summed E-state index contributed by atoms with van der Waals surface area (Å²) in [7, 11) is 0. The molecule has 2 aromatic carbocycles. The van der Waals surface area contributed by atoms with Gasteiger partial charge in [-0.2, -0.15) is 0 Å². The molecule has 0 aliphatic carbocycles. The molecule has 4 nitrogen and oxygen atoms in total. The number of carbonyl (C=O) groups is 2. The van der Waals surface area contributed by atoms with Gasteiger partial charge < -0.3 is 10.2 Å². The zero-order valence-corrected chi connectivity index (χ0v) is 14.2.